The molecule has 0 saturated carbocycles. The molecule has 70 valence electrons. The first kappa shape index (κ1) is 8.53. The number of quaternary nitrogens is 1. The van der Waals surface area contributed by atoms with Gasteiger partial charge in [-0.15, -0.1) is 0 Å². The van der Waals surface area contributed by atoms with E-state index >= 15 is 0 Å². The number of rotatable bonds is 1. The van der Waals surface area contributed by atoms with Gasteiger partial charge in [0.15, 0.2) is 11.4 Å². The van der Waals surface area contributed by atoms with Gasteiger partial charge in [-0.05, 0) is 13.0 Å². The number of fused-ring (bicyclic) bond motifs is 1. The lowest BCUT2D eigenvalue weighted by Gasteiger charge is -2.39. The zero-order chi connectivity index (χ0) is 9.47. The first-order chi connectivity index (χ1) is 6.18. The second-order valence-corrected chi connectivity index (χ2v) is 3.30. The van der Waals surface area contributed by atoms with Gasteiger partial charge < -0.3 is 9.94 Å². The maximum absolute atomic E-state index is 12.2. The smallest absolute Gasteiger partial charge is 0.235 e. The standard InChI is InChI=1S/C10H13NO2/c1-3-11(12)8(2)13-10-7-5-4-6-9(10)11/h4-8H,3H2,1-2H3. The Labute approximate surface area is 77.7 Å². The molecule has 3 nitrogen and oxygen atoms in total. The molecule has 0 aromatic heterocycles. The third-order valence-electron chi connectivity index (χ3n) is 2.63. The lowest BCUT2D eigenvalue weighted by molar-refractivity contribution is 0.125. The molecule has 0 N–H and O–H groups in total. The maximum atomic E-state index is 12.2. The van der Waals surface area contributed by atoms with Gasteiger partial charge in [-0.1, -0.05) is 12.1 Å². The van der Waals surface area contributed by atoms with E-state index in [-0.39, 0.29) is 10.9 Å². The monoisotopic (exact) mass is 179 g/mol. The normalized spacial score (nSPS) is 31.2. The fourth-order valence-corrected chi connectivity index (χ4v) is 1.76. The second kappa shape index (κ2) is 2.72. The van der Waals surface area contributed by atoms with Crippen LogP contribution >= 0.6 is 0 Å². The number of hydrogen-bond acceptors (Lipinski definition) is 2. The summed E-state index contributed by atoms with van der Waals surface area (Å²) in [6, 6.07) is 7.45. The predicted octanol–water partition coefficient (Wildman–Crippen LogP) is 2.25. The Kier molecular flexibility index (Phi) is 1.78. The van der Waals surface area contributed by atoms with Crippen LogP contribution in [0.4, 0.5) is 5.69 Å². The van der Waals surface area contributed by atoms with Crippen LogP contribution in [0.25, 0.3) is 0 Å². The summed E-state index contributed by atoms with van der Waals surface area (Å²) in [5.41, 5.74) is 0.748. The average molecular weight is 179 g/mol. The third kappa shape index (κ3) is 1.04. The van der Waals surface area contributed by atoms with Crippen LogP contribution in [0.3, 0.4) is 0 Å². The Hall–Kier alpha value is -1.06. The van der Waals surface area contributed by atoms with Gasteiger partial charge in [0.25, 0.3) is 0 Å². The van der Waals surface area contributed by atoms with Gasteiger partial charge in [-0.25, -0.2) is 0 Å². The second-order valence-electron chi connectivity index (χ2n) is 3.30. The maximum Gasteiger partial charge on any atom is 0.235 e. The van der Waals surface area contributed by atoms with Crippen molar-refractivity contribution in [2.24, 2.45) is 0 Å². The van der Waals surface area contributed by atoms with E-state index in [0.29, 0.717) is 6.54 Å². The zero-order valence-electron chi connectivity index (χ0n) is 7.86. The van der Waals surface area contributed by atoms with Gasteiger partial charge in [-0.2, -0.15) is 0 Å². The Morgan fingerprint density at radius 3 is 2.85 bits per heavy atom. The molecule has 0 amide bonds. The van der Waals surface area contributed by atoms with Crippen molar-refractivity contribution in [3.8, 4) is 5.75 Å². The van der Waals surface area contributed by atoms with Crippen molar-refractivity contribution in [2.45, 2.75) is 20.1 Å². The molecule has 3 heteroatoms. The minimum Gasteiger partial charge on any atom is -0.625 e. The number of para-hydroxylation sites is 2. The van der Waals surface area contributed by atoms with E-state index in [1.54, 1.807) is 0 Å². The van der Waals surface area contributed by atoms with E-state index in [9.17, 15) is 5.21 Å². The lowest BCUT2D eigenvalue weighted by Crippen LogP contribution is -2.48. The summed E-state index contributed by atoms with van der Waals surface area (Å²) in [7, 11) is 0. The van der Waals surface area contributed by atoms with E-state index < -0.39 is 0 Å². The van der Waals surface area contributed by atoms with E-state index in [1.807, 2.05) is 38.1 Å². The minimum atomic E-state index is -0.365. The van der Waals surface area contributed by atoms with E-state index in [4.69, 9.17) is 4.74 Å². The zero-order valence-corrected chi connectivity index (χ0v) is 7.86. The molecular formula is C10H13NO2. The number of ether oxygens (including phenoxy) is 1. The molecule has 1 aliphatic rings. The van der Waals surface area contributed by atoms with Crippen molar-refractivity contribution in [1.82, 2.24) is 4.65 Å². The Morgan fingerprint density at radius 1 is 1.46 bits per heavy atom. The van der Waals surface area contributed by atoms with Crippen molar-refractivity contribution >= 4 is 5.69 Å². The minimum absolute atomic E-state index is 0.317. The molecule has 13 heavy (non-hydrogen) atoms. The summed E-state index contributed by atoms with van der Waals surface area (Å²) >= 11 is 0. The predicted molar refractivity (Wildman–Crippen MR) is 52.2 cm³/mol. The van der Waals surface area contributed by atoms with Crippen LogP contribution in [0.2, 0.25) is 0 Å². The summed E-state index contributed by atoms with van der Waals surface area (Å²) in [6.07, 6.45) is -0.317. The van der Waals surface area contributed by atoms with Crippen LogP contribution in [-0.4, -0.2) is 12.8 Å². The fourth-order valence-electron chi connectivity index (χ4n) is 1.76. The summed E-state index contributed by atoms with van der Waals surface area (Å²) < 4.78 is 5.11. The number of nitrogens with zero attached hydrogens (tertiary/aromatic N) is 1. The van der Waals surface area contributed by atoms with Crippen LogP contribution in [0.5, 0.6) is 5.75 Å². The molecule has 0 aliphatic carbocycles. The molecule has 1 aromatic carbocycles. The molecule has 1 heterocycles. The van der Waals surface area contributed by atoms with Crippen LogP contribution in [0.1, 0.15) is 13.8 Å². The first-order valence-electron chi connectivity index (χ1n) is 4.53. The van der Waals surface area contributed by atoms with Crippen molar-refractivity contribution in [3.05, 3.63) is 29.5 Å². The van der Waals surface area contributed by atoms with Gasteiger partial charge in [0.1, 0.15) is 0 Å². The van der Waals surface area contributed by atoms with E-state index in [2.05, 4.69) is 0 Å². The topological polar surface area (TPSA) is 32.3 Å². The molecular weight excluding hydrogens is 166 g/mol. The third-order valence-corrected chi connectivity index (χ3v) is 2.63. The SMILES string of the molecule is CC[N+]1([O-])c2ccccc2OC1C. The highest BCUT2D eigenvalue weighted by atomic mass is 16.6. The quantitative estimate of drug-likeness (QED) is 0.489. The molecule has 1 aromatic rings. The lowest BCUT2D eigenvalue weighted by atomic mass is 10.3. The van der Waals surface area contributed by atoms with Crippen LogP contribution in [0.15, 0.2) is 24.3 Å². The van der Waals surface area contributed by atoms with Crippen molar-refractivity contribution in [2.75, 3.05) is 6.54 Å². The van der Waals surface area contributed by atoms with Crippen molar-refractivity contribution in [1.29, 1.82) is 0 Å². The van der Waals surface area contributed by atoms with Gasteiger partial charge >= 0.3 is 0 Å². The molecule has 1 aliphatic heterocycles. The summed E-state index contributed by atoms with van der Waals surface area (Å²) in [4.78, 5) is 0. The molecule has 0 radical (unpaired) electrons. The first-order valence-corrected chi connectivity index (χ1v) is 4.53. The average Bonchev–Trinajstić information content (AvgIpc) is 2.41. The van der Waals surface area contributed by atoms with Crippen LogP contribution < -0.4 is 9.38 Å². The van der Waals surface area contributed by atoms with Gasteiger partial charge in [-0.3, -0.25) is 4.65 Å². The van der Waals surface area contributed by atoms with Crippen molar-refractivity contribution < 1.29 is 4.74 Å². The molecule has 0 spiro atoms. The summed E-state index contributed by atoms with van der Waals surface area (Å²) in [5.74, 6) is 0.729. The van der Waals surface area contributed by atoms with Gasteiger partial charge in [0.05, 0.1) is 6.54 Å². The summed E-state index contributed by atoms with van der Waals surface area (Å²) in [5, 5.41) is 12.2. The van der Waals surface area contributed by atoms with Crippen molar-refractivity contribution in [3.63, 3.8) is 0 Å². The molecule has 2 atom stereocenters. The number of hydrogen-bond donors (Lipinski definition) is 0. The van der Waals surface area contributed by atoms with Crippen LogP contribution in [0, 0.1) is 5.21 Å². The molecule has 2 rings (SSSR count). The van der Waals surface area contributed by atoms with Crippen LogP contribution in [-0.2, 0) is 0 Å². The van der Waals surface area contributed by atoms with Gasteiger partial charge in [0, 0.05) is 13.0 Å². The molecule has 2 unspecified atom stereocenters. The molecule has 0 bridgehead atoms. The Bertz CT molecular complexity index is 326. The highest BCUT2D eigenvalue weighted by Crippen LogP contribution is 2.41. The largest absolute Gasteiger partial charge is 0.625 e. The fraction of sp³-hybridized carbons (Fsp3) is 0.400. The highest BCUT2D eigenvalue weighted by Gasteiger charge is 2.37. The van der Waals surface area contributed by atoms with Gasteiger partial charge in [0.2, 0.25) is 6.23 Å². The Balaban J connectivity index is 2.52. The molecule has 0 fully saturated rings. The molecule has 0 saturated heterocycles. The summed E-state index contributed by atoms with van der Waals surface area (Å²) in [6.45, 7) is 4.21. The van der Waals surface area contributed by atoms with E-state index in [1.165, 1.54) is 0 Å². The highest BCUT2D eigenvalue weighted by molar-refractivity contribution is 5.59. The number of benzene rings is 1. The van der Waals surface area contributed by atoms with E-state index in [0.717, 1.165) is 11.4 Å². The number of hydroxylamine groups is 2. The Morgan fingerprint density at radius 2 is 2.15 bits per heavy atom.